The van der Waals surface area contributed by atoms with E-state index in [1.54, 1.807) is 11.0 Å². The van der Waals surface area contributed by atoms with Gasteiger partial charge in [0.05, 0.1) is 11.9 Å². The highest BCUT2D eigenvalue weighted by Crippen LogP contribution is 2.31. The zero-order chi connectivity index (χ0) is 14.7. The molecule has 0 amide bonds. The Bertz CT molecular complexity index is 539. The van der Waals surface area contributed by atoms with Gasteiger partial charge in [-0.2, -0.15) is 5.10 Å². The number of aromatic nitrogens is 4. The van der Waals surface area contributed by atoms with Crippen LogP contribution in [0.1, 0.15) is 39.5 Å². The van der Waals surface area contributed by atoms with E-state index in [1.807, 2.05) is 12.3 Å². The molecule has 5 heteroatoms. The molecule has 0 radical (unpaired) electrons. The van der Waals surface area contributed by atoms with E-state index in [0.29, 0.717) is 6.04 Å². The van der Waals surface area contributed by atoms with Crippen molar-refractivity contribution >= 4 is 5.69 Å². The smallest absolute Gasteiger partial charge is 0.155 e. The Morgan fingerprint density at radius 3 is 2.57 bits per heavy atom. The lowest BCUT2D eigenvalue weighted by Gasteiger charge is -2.31. The molecule has 5 nitrogen and oxygen atoms in total. The molecule has 1 saturated carbocycles. The number of hydrogen-bond donors (Lipinski definition) is 1. The third kappa shape index (κ3) is 3.40. The molecule has 2 aromatic heterocycles. The summed E-state index contributed by atoms with van der Waals surface area (Å²) in [6.45, 7) is 4.68. The predicted molar refractivity (Wildman–Crippen MR) is 83.4 cm³/mol. The Kier molecular flexibility index (Phi) is 4.18. The van der Waals surface area contributed by atoms with Gasteiger partial charge in [0, 0.05) is 6.04 Å². The van der Waals surface area contributed by atoms with Gasteiger partial charge < -0.3 is 5.32 Å². The minimum atomic E-state index is 0.582. The van der Waals surface area contributed by atoms with Crippen LogP contribution in [0.3, 0.4) is 0 Å². The van der Waals surface area contributed by atoms with Gasteiger partial charge in [0.1, 0.15) is 12.7 Å². The molecule has 1 N–H and O–H groups in total. The molecule has 0 unspecified atom stereocenters. The Labute approximate surface area is 125 Å². The molecule has 1 aliphatic carbocycles. The average Bonchev–Trinajstić information content (AvgIpc) is 3.03. The van der Waals surface area contributed by atoms with Gasteiger partial charge in [-0.1, -0.05) is 13.8 Å². The van der Waals surface area contributed by atoms with Gasteiger partial charge >= 0.3 is 0 Å². The van der Waals surface area contributed by atoms with Crippen LogP contribution in [0.25, 0.3) is 5.82 Å². The quantitative estimate of drug-likeness (QED) is 0.936. The minimum Gasteiger partial charge on any atom is -0.381 e. The van der Waals surface area contributed by atoms with E-state index in [4.69, 9.17) is 0 Å². The summed E-state index contributed by atoms with van der Waals surface area (Å²) in [6, 6.07) is 4.62. The van der Waals surface area contributed by atoms with Crippen LogP contribution in [0.5, 0.6) is 0 Å². The van der Waals surface area contributed by atoms with E-state index in [2.05, 4.69) is 40.3 Å². The fraction of sp³-hybridized carbons (Fsp3) is 0.562. The van der Waals surface area contributed by atoms with Crippen LogP contribution in [-0.2, 0) is 0 Å². The zero-order valence-electron chi connectivity index (χ0n) is 12.7. The van der Waals surface area contributed by atoms with E-state index in [1.165, 1.54) is 32.0 Å². The number of hydrogen-bond acceptors (Lipinski definition) is 4. The van der Waals surface area contributed by atoms with Crippen molar-refractivity contribution in [2.75, 3.05) is 5.32 Å². The molecular weight excluding hydrogens is 262 g/mol. The highest BCUT2D eigenvalue weighted by Gasteiger charge is 2.23. The van der Waals surface area contributed by atoms with Crippen molar-refractivity contribution in [1.29, 1.82) is 0 Å². The standard InChI is InChI=1S/C16H23N5/c1-12(2)13-3-5-14(6-4-13)20-15-7-8-16(18-9-15)21-11-17-10-19-21/h7-14,20H,3-6H2,1-2H3. The molecule has 2 aromatic rings. The molecule has 0 aromatic carbocycles. The largest absolute Gasteiger partial charge is 0.381 e. The predicted octanol–water partition coefficient (Wildman–Crippen LogP) is 3.29. The van der Waals surface area contributed by atoms with Crippen molar-refractivity contribution in [2.45, 2.75) is 45.6 Å². The van der Waals surface area contributed by atoms with Crippen LogP contribution in [0.4, 0.5) is 5.69 Å². The minimum absolute atomic E-state index is 0.582. The normalized spacial score (nSPS) is 22.4. The molecule has 0 aliphatic heterocycles. The third-order valence-electron chi connectivity index (χ3n) is 4.49. The molecular formula is C16H23N5. The molecule has 3 rings (SSSR count). The Morgan fingerprint density at radius 1 is 1.19 bits per heavy atom. The first-order valence-corrected chi connectivity index (χ1v) is 7.80. The van der Waals surface area contributed by atoms with E-state index in [0.717, 1.165) is 23.3 Å². The summed E-state index contributed by atoms with van der Waals surface area (Å²) >= 11 is 0. The SMILES string of the molecule is CC(C)C1CCC(Nc2ccc(-n3cncn3)nc2)CC1. The van der Waals surface area contributed by atoms with Crippen LogP contribution in [-0.4, -0.2) is 25.8 Å². The maximum atomic E-state index is 4.43. The highest BCUT2D eigenvalue weighted by molar-refractivity contribution is 5.44. The van der Waals surface area contributed by atoms with Crippen LogP contribution in [0.2, 0.25) is 0 Å². The zero-order valence-corrected chi connectivity index (χ0v) is 12.7. The number of nitrogens with one attached hydrogen (secondary N) is 1. The molecule has 1 fully saturated rings. The van der Waals surface area contributed by atoms with Crippen molar-refractivity contribution in [1.82, 2.24) is 19.7 Å². The maximum absolute atomic E-state index is 4.43. The van der Waals surface area contributed by atoms with E-state index in [9.17, 15) is 0 Å². The average molecular weight is 285 g/mol. The summed E-state index contributed by atoms with van der Waals surface area (Å²) < 4.78 is 1.66. The molecule has 2 heterocycles. The molecule has 0 saturated heterocycles. The number of pyridine rings is 1. The lowest BCUT2D eigenvalue weighted by atomic mass is 9.80. The summed E-state index contributed by atoms with van der Waals surface area (Å²) in [6.07, 6.45) is 10.2. The second kappa shape index (κ2) is 6.24. The van der Waals surface area contributed by atoms with Crippen LogP contribution in [0.15, 0.2) is 31.0 Å². The molecule has 112 valence electrons. The molecule has 0 spiro atoms. The van der Waals surface area contributed by atoms with Crippen LogP contribution in [0, 0.1) is 11.8 Å². The van der Waals surface area contributed by atoms with E-state index >= 15 is 0 Å². The number of nitrogens with zero attached hydrogens (tertiary/aromatic N) is 4. The molecule has 0 atom stereocenters. The summed E-state index contributed by atoms with van der Waals surface area (Å²) in [4.78, 5) is 8.36. The number of anilines is 1. The summed E-state index contributed by atoms with van der Waals surface area (Å²) in [5.74, 6) is 2.51. The fourth-order valence-electron chi connectivity index (χ4n) is 3.10. The maximum Gasteiger partial charge on any atom is 0.155 e. The van der Waals surface area contributed by atoms with Gasteiger partial charge in [0.2, 0.25) is 0 Å². The second-order valence-electron chi connectivity index (χ2n) is 6.25. The Hall–Kier alpha value is -1.91. The van der Waals surface area contributed by atoms with Crippen LogP contribution < -0.4 is 5.32 Å². The van der Waals surface area contributed by atoms with Gasteiger partial charge in [-0.25, -0.2) is 14.6 Å². The highest BCUT2D eigenvalue weighted by atomic mass is 15.3. The van der Waals surface area contributed by atoms with E-state index < -0.39 is 0 Å². The fourth-order valence-corrected chi connectivity index (χ4v) is 3.10. The van der Waals surface area contributed by atoms with Crippen molar-refractivity contribution < 1.29 is 0 Å². The van der Waals surface area contributed by atoms with Gasteiger partial charge in [0.15, 0.2) is 5.82 Å². The van der Waals surface area contributed by atoms with Crippen molar-refractivity contribution in [3.05, 3.63) is 31.0 Å². The summed E-state index contributed by atoms with van der Waals surface area (Å²) in [5.41, 5.74) is 1.09. The first kappa shape index (κ1) is 14.0. The van der Waals surface area contributed by atoms with E-state index in [-0.39, 0.29) is 0 Å². The summed E-state index contributed by atoms with van der Waals surface area (Å²) in [7, 11) is 0. The summed E-state index contributed by atoms with van der Waals surface area (Å²) in [5, 5.41) is 7.68. The Morgan fingerprint density at radius 2 is 2.00 bits per heavy atom. The molecule has 0 bridgehead atoms. The van der Waals surface area contributed by atoms with Gasteiger partial charge in [-0.05, 0) is 49.7 Å². The topological polar surface area (TPSA) is 55.6 Å². The van der Waals surface area contributed by atoms with Gasteiger partial charge in [-0.3, -0.25) is 0 Å². The lowest BCUT2D eigenvalue weighted by Crippen LogP contribution is -2.27. The number of rotatable bonds is 4. The first-order chi connectivity index (χ1) is 10.2. The van der Waals surface area contributed by atoms with Gasteiger partial charge in [0.25, 0.3) is 0 Å². The second-order valence-corrected chi connectivity index (χ2v) is 6.25. The van der Waals surface area contributed by atoms with Crippen LogP contribution >= 0.6 is 0 Å². The van der Waals surface area contributed by atoms with Gasteiger partial charge in [-0.15, -0.1) is 0 Å². The van der Waals surface area contributed by atoms with Crippen molar-refractivity contribution in [3.8, 4) is 5.82 Å². The Balaban J connectivity index is 1.57. The lowest BCUT2D eigenvalue weighted by molar-refractivity contribution is 0.267. The third-order valence-corrected chi connectivity index (χ3v) is 4.49. The molecule has 21 heavy (non-hydrogen) atoms. The van der Waals surface area contributed by atoms with Crippen molar-refractivity contribution in [2.24, 2.45) is 11.8 Å². The first-order valence-electron chi connectivity index (χ1n) is 7.80. The molecule has 1 aliphatic rings. The van der Waals surface area contributed by atoms with Crippen molar-refractivity contribution in [3.63, 3.8) is 0 Å². The monoisotopic (exact) mass is 285 g/mol.